The van der Waals surface area contributed by atoms with E-state index < -0.39 is 0 Å². The number of guanidine groups is 1. The zero-order valence-electron chi connectivity index (χ0n) is 17.0. The fourth-order valence-corrected chi connectivity index (χ4v) is 3.29. The maximum atomic E-state index is 5.68. The summed E-state index contributed by atoms with van der Waals surface area (Å²) in [5.41, 5.74) is 0.999. The molecular weight excluding hydrogens is 342 g/mol. The van der Waals surface area contributed by atoms with E-state index in [0.717, 1.165) is 37.1 Å². The number of rotatable bonds is 10. The lowest BCUT2D eigenvalue weighted by atomic mass is 10.0. The SMILES string of the molecule is CN=C(NCCCN1CCCCC1C)NCc1cccnc1OCCOC. The van der Waals surface area contributed by atoms with E-state index in [2.05, 4.69) is 32.4 Å². The Balaban J connectivity index is 1.71. The average Bonchev–Trinajstić information content (AvgIpc) is 2.70. The number of hydrogen-bond donors (Lipinski definition) is 2. The second-order valence-corrected chi connectivity index (χ2v) is 6.90. The molecule has 1 saturated heterocycles. The Morgan fingerprint density at radius 2 is 2.22 bits per heavy atom. The first kappa shape index (κ1) is 21.4. The van der Waals surface area contributed by atoms with Gasteiger partial charge in [-0.25, -0.2) is 4.98 Å². The summed E-state index contributed by atoms with van der Waals surface area (Å²) >= 11 is 0. The highest BCUT2D eigenvalue weighted by molar-refractivity contribution is 5.79. The Labute approximate surface area is 163 Å². The van der Waals surface area contributed by atoms with Crippen molar-refractivity contribution in [1.82, 2.24) is 20.5 Å². The van der Waals surface area contributed by atoms with Crippen molar-refractivity contribution < 1.29 is 9.47 Å². The predicted octanol–water partition coefficient (Wildman–Crippen LogP) is 2.04. The largest absolute Gasteiger partial charge is 0.475 e. The van der Waals surface area contributed by atoms with Gasteiger partial charge in [-0.1, -0.05) is 12.5 Å². The molecule has 0 amide bonds. The molecule has 0 aromatic carbocycles. The number of nitrogens with one attached hydrogen (secondary N) is 2. The van der Waals surface area contributed by atoms with E-state index >= 15 is 0 Å². The van der Waals surface area contributed by atoms with Crippen LogP contribution < -0.4 is 15.4 Å². The van der Waals surface area contributed by atoms with Gasteiger partial charge in [-0.2, -0.15) is 0 Å². The average molecular weight is 378 g/mol. The summed E-state index contributed by atoms with van der Waals surface area (Å²) in [4.78, 5) is 11.2. The lowest BCUT2D eigenvalue weighted by Crippen LogP contribution is -2.41. The van der Waals surface area contributed by atoms with Crippen molar-refractivity contribution in [2.75, 3.05) is 47.0 Å². The molecule has 0 bridgehead atoms. The molecule has 1 fully saturated rings. The van der Waals surface area contributed by atoms with Gasteiger partial charge in [0, 0.05) is 51.6 Å². The molecule has 1 aliphatic rings. The summed E-state index contributed by atoms with van der Waals surface area (Å²) in [5.74, 6) is 1.44. The molecule has 2 N–H and O–H groups in total. The fourth-order valence-electron chi connectivity index (χ4n) is 3.29. The van der Waals surface area contributed by atoms with Crippen molar-refractivity contribution in [3.63, 3.8) is 0 Å². The third-order valence-corrected chi connectivity index (χ3v) is 4.90. The van der Waals surface area contributed by atoms with Gasteiger partial charge >= 0.3 is 0 Å². The number of ether oxygens (including phenoxy) is 2. The second-order valence-electron chi connectivity index (χ2n) is 6.90. The molecule has 0 radical (unpaired) electrons. The van der Waals surface area contributed by atoms with E-state index in [4.69, 9.17) is 9.47 Å². The molecule has 0 saturated carbocycles. The van der Waals surface area contributed by atoms with E-state index in [-0.39, 0.29) is 0 Å². The molecule has 1 aromatic rings. The molecule has 1 atom stereocenters. The highest BCUT2D eigenvalue weighted by Gasteiger charge is 2.17. The molecule has 0 aliphatic carbocycles. The zero-order chi connectivity index (χ0) is 19.3. The van der Waals surface area contributed by atoms with Crippen molar-refractivity contribution in [1.29, 1.82) is 0 Å². The Morgan fingerprint density at radius 1 is 1.33 bits per heavy atom. The smallest absolute Gasteiger partial charge is 0.218 e. The highest BCUT2D eigenvalue weighted by Crippen LogP contribution is 2.16. The molecule has 2 rings (SSSR count). The summed E-state index contributed by atoms with van der Waals surface area (Å²) in [7, 11) is 3.45. The van der Waals surface area contributed by atoms with E-state index in [1.807, 2.05) is 12.1 Å². The second kappa shape index (κ2) is 12.5. The first-order valence-electron chi connectivity index (χ1n) is 9.98. The third kappa shape index (κ3) is 7.72. The van der Waals surface area contributed by atoms with Gasteiger partial charge in [-0.3, -0.25) is 4.99 Å². The van der Waals surface area contributed by atoms with Crippen LogP contribution in [0.15, 0.2) is 23.3 Å². The number of pyridine rings is 1. The number of hydrogen-bond acceptors (Lipinski definition) is 5. The standard InChI is InChI=1S/C20H35N5O2/c1-17-8-4-5-12-25(17)13-7-11-23-20(21-2)24-16-18-9-6-10-22-19(18)27-15-14-26-3/h6,9-10,17H,4-5,7-8,11-16H2,1-3H3,(H2,21,23,24). The molecule has 0 spiro atoms. The molecule has 2 heterocycles. The number of aromatic nitrogens is 1. The van der Waals surface area contributed by atoms with E-state index in [1.165, 1.54) is 25.8 Å². The van der Waals surface area contributed by atoms with Gasteiger partial charge < -0.3 is 25.0 Å². The summed E-state index contributed by atoms with van der Waals surface area (Å²) in [5, 5.41) is 6.73. The van der Waals surface area contributed by atoms with Crippen LogP contribution in [0.4, 0.5) is 0 Å². The van der Waals surface area contributed by atoms with Crippen LogP contribution in [0, 0.1) is 0 Å². The Kier molecular flexibility index (Phi) is 9.94. The normalized spacial score (nSPS) is 18.3. The minimum atomic E-state index is 0.489. The summed E-state index contributed by atoms with van der Waals surface area (Å²) in [6.45, 7) is 7.27. The topological polar surface area (TPSA) is 71.0 Å². The van der Waals surface area contributed by atoms with Crippen molar-refractivity contribution >= 4 is 5.96 Å². The van der Waals surface area contributed by atoms with Gasteiger partial charge in [-0.05, 0) is 38.8 Å². The number of methoxy groups -OCH3 is 1. The maximum absolute atomic E-state index is 5.68. The van der Waals surface area contributed by atoms with Crippen LogP contribution in [0.5, 0.6) is 5.88 Å². The van der Waals surface area contributed by atoms with Gasteiger partial charge in [0.05, 0.1) is 6.61 Å². The lowest BCUT2D eigenvalue weighted by molar-refractivity contribution is 0.143. The van der Waals surface area contributed by atoms with E-state index in [0.29, 0.717) is 25.6 Å². The number of likely N-dealkylation sites (tertiary alicyclic amines) is 1. The molecular formula is C20H35N5O2. The van der Waals surface area contributed by atoms with Crippen LogP contribution in [0.2, 0.25) is 0 Å². The summed E-state index contributed by atoms with van der Waals surface area (Å²) in [6, 6.07) is 4.64. The third-order valence-electron chi connectivity index (χ3n) is 4.90. The Morgan fingerprint density at radius 3 is 3.00 bits per heavy atom. The maximum Gasteiger partial charge on any atom is 0.218 e. The van der Waals surface area contributed by atoms with E-state index in [1.54, 1.807) is 20.4 Å². The summed E-state index contributed by atoms with van der Waals surface area (Å²) in [6.07, 6.45) is 6.89. The van der Waals surface area contributed by atoms with Crippen LogP contribution in [-0.4, -0.2) is 68.9 Å². The molecule has 1 unspecified atom stereocenters. The molecule has 1 aromatic heterocycles. The molecule has 27 heavy (non-hydrogen) atoms. The fraction of sp³-hybridized carbons (Fsp3) is 0.700. The highest BCUT2D eigenvalue weighted by atomic mass is 16.5. The molecule has 7 nitrogen and oxygen atoms in total. The van der Waals surface area contributed by atoms with Gasteiger partial charge in [0.25, 0.3) is 0 Å². The van der Waals surface area contributed by atoms with Crippen molar-refractivity contribution in [2.24, 2.45) is 4.99 Å². The first-order valence-corrected chi connectivity index (χ1v) is 9.98. The van der Waals surface area contributed by atoms with Gasteiger partial charge in [0.15, 0.2) is 5.96 Å². The van der Waals surface area contributed by atoms with Crippen LogP contribution in [0.25, 0.3) is 0 Å². The van der Waals surface area contributed by atoms with Crippen molar-refractivity contribution in [2.45, 2.75) is 45.2 Å². The molecule has 152 valence electrons. The van der Waals surface area contributed by atoms with E-state index in [9.17, 15) is 0 Å². The monoisotopic (exact) mass is 377 g/mol. The first-order chi connectivity index (χ1) is 13.2. The number of nitrogens with zero attached hydrogens (tertiary/aromatic N) is 3. The number of aliphatic imine (C=N–C) groups is 1. The molecule has 1 aliphatic heterocycles. The van der Waals surface area contributed by atoms with Gasteiger partial charge in [0.1, 0.15) is 6.61 Å². The molecule has 7 heteroatoms. The minimum absolute atomic E-state index is 0.489. The predicted molar refractivity (Wildman–Crippen MR) is 109 cm³/mol. The van der Waals surface area contributed by atoms with Crippen LogP contribution in [0.1, 0.15) is 38.2 Å². The Bertz CT molecular complexity index is 567. The van der Waals surface area contributed by atoms with Crippen LogP contribution in [-0.2, 0) is 11.3 Å². The van der Waals surface area contributed by atoms with Crippen LogP contribution in [0.3, 0.4) is 0 Å². The Hall–Kier alpha value is -1.86. The zero-order valence-corrected chi connectivity index (χ0v) is 17.0. The number of piperidine rings is 1. The quantitative estimate of drug-likeness (QED) is 0.369. The van der Waals surface area contributed by atoms with Gasteiger partial charge in [0.2, 0.25) is 5.88 Å². The lowest BCUT2D eigenvalue weighted by Gasteiger charge is -2.33. The summed E-state index contributed by atoms with van der Waals surface area (Å²) < 4.78 is 10.7. The van der Waals surface area contributed by atoms with Crippen molar-refractivity contribution in [3.05, 3.63) is 23.9 Å². The van der Waals surface area contributed by atoms with Crippen molar-refractivity contribution in [3.8, 4) is 5.88 Å². The van der Waals surface area contributed by atoms with Gasteiger partial charge in [-0.15, -0.1) is 0 Å². The van der Waals surface area contributed by atoms with Crippen LogP contribution >= 0.6 is 0 Å². The minimum Gasteiger partial charge on any atom is -0.475 e.